The summed E-state index contributed by atoms with van der Waals surface area (Å²) in [6.07, 6.45) is 4.23. The number of hydrogen-bond donors (Lipinski definition) is 1. The predicted octanol–water partition coefficient (Wildman–Crippen LogP) is 2.67. The van der Waals surface area contributed by atoms with Crippen molar-refractivity contribution in [1.29, 1.82) is 0 Å². The van der Waals surface area contributed by atoms with Crippen molar-refractivity contribution in [3.05, 3.63) is 54.0 Å². The number of carbonyl (C=O) groups excluding carboxylic acids is 1. The highest BCUT2D eigenvalue weighted by molar-refractivity contribution is 5.77. The molecule has 1 aromatic heterocycles. The number of furan rings is 1. The van der Waals surface area contributed by atoms with Crippen LogP contribution in [0.4, 0.5) is 0 Å². The highest BCUT2D eigenvalue weighted by atomic mass is 16.5. The van der Waals surface area contributed by atoms with Gasteiger partial charge in [-0.1, -0.05) is 18.2 Å². The standard InChI is InChI=1S/C21H29N3O3/c1-23(2)21(25)16-27-19-9-4-3-8-17(19)14-22-15-18(20-10-7-13-26-20)24-11-5-6-12-24/h3-4,7-10,13,18,22H,5-6,11-12,14-16H2,1-2H3. The van der Waals surface area contributed by atoms with Crippen LogP contribution in [-0.2, 0) is 11.3 Å². The average molecular weight is 371 g/mol. The van der Waals surface area contributed by atoms with Crippen LogP contribution in [0.15, 0.2) is 47.1 Å². The van der Waals surface area contributed by atoms with E-state index in [1.54, 1.807) is 20.4 Å². The summed E-state index contributed by atoms with van der Waals surface area (Å²) in [6, 6.07) is 12.1. The summed E-state index contributed by atoms with van der Waals surface area (Å²) in [5.41, 5.74) is 1.05. The quantitative estimate of drug-likeness (QED) is 0.734. The summed E-state index contributed by atoms with van der Waals surface area (Å²) in [4.78, 5) is 15.8. The Morgan fingerprint density at radius 1 is 1.22 bits per heavy atom. The first-order chi connectivity index (χ1) is 13.1. The van der Waals surface area contributed by atoms with Crippen molar-refractivity contribution >= 4 is 5.91 Å². The third-order valence-corrected chi connectivity index (χ3v) is 4.93. The fraction of sp³-hybridized carbons (Fsp3) is 0.476. The maximum Gasteiger partial charge on any atom is 0.259 e. The smallest absolute Gasteiger partial charge is 0.259 e. The van der Waals surface area contributed by atoms with E-state index in [1.807, 2.05) is 30.3 Å². The van der Waals surface area contributed by atoms with Crippen LogP contribution in [-0.4, -0.2) is 56.0 Å². The minimum atomic E-state index is -0.0512. The van der Waals surface area contributed by atoms with Gasteiger partial charge in [-0.15, -0.1) is 0 Å². The number of rotatable bonds is 9. The van der Waals surface area contributed by atoms with Crippen LogP contribution in [0.5, 0.6) is 5.75 Å². The number of nitrogens with one attached hydrogen (secondary N) is 1. The fourth-order valence-electron chi connectivity index (χ4n) is 3.35. The monoisotopic (exact) mass is 371 g/mol. The van der Waals surface area contributed by atoms with Gasteiger partial charge < -0.3 is 19.4 Å². The summed E-state index contributed by atoms with van der Waals surface area (Å²) in [7, 11) is 3.46. The molecule has 0 bridgehead atoms. The molecule has 0 radical (unpaired) electrons. The third kappa shape index (κ3) is 5.34. The van der Waals surface area contributed by atoms with Gasteiger partial charge in [-0.2, -0.15) is 0 Å². The molecule has 3 rings (SSSR count). The van der Waals surface area contributed by atoms with Crippen molar-refractivity contribution in [2.75, 3.05) is 40.3 Å². The van der Waals surface area contributed by atoms with E-state index in [0.29, 0.717) is 6.54 Å². The van der Waals surface area contributed by atoms with E-state index in [-0.39, 0.29) is 18.6 Å². The second-order valence-corrected chi connectivity index (χ2v) is 7.09. The Morgan fingerprint density at radius 2 is 2.00 bits per heavy atom. The van der Waals surface area contributed by atoms with Gasteiger partial charge in [-0.25, -0.2) is 0 Å². The zero-order chi connectivity index (χ0) is 19.1. The van der Waals surface area contributed by atoms with Gasteiger partial charge in [0.15, 0.2) is 6.61 Å². The predicted molar refractivity (Wildman–Crippen MR) is 105 cm³/mol. The van der Waals surface area contributed by atoms with Crippen LogP contribution < -0.4 is 10.1 Å². The Hall–Kier alpha value is -2.31. The number of amides is 1. The molecule has 1 saturated heterocycles. The van der Waals surface area contributed by atoms with Crippen molar-refractivity contribution in [2.45, 2.75) is 25.4 Å². The molecule has 27 heavy (non-hydrogen) atoms. The maximum atomic E-state index is 11.8. The minimum absolute atomic E-state index is 0.0484. The zero-order valence-corrected chi connectivity index (χ0v) is 16.2. The lowest BCUT2D eigenvalue weighted by molar-refractivity contribution is -0.130. The normalized spacial score (nSPS) is 15.6. The van der Waals surface area contributed by atoms with Gasteiger partial charge in [0.1, 0.15) is 11.5 Å². The molecule has 2 aromatic rings. The number of benzene rings is 1. The molecule has 1 atom stereocenters. The SMILES string of the molecule is CN(C)C(=O)COc1ccccc1CNCC(c1ccco1)N1CCCC1. The lowest BCUT2D eigenvalue weighted by atomic mass is 10.1. The molecule has 1 fully saturated rings. The lowest BCUT2D eigenvalue weighted by Crippen LogP contribution is -2.33. The zero-order valence-electron chi connectivity index (χ0n) is 16.2. The van der Waals surface area contributed by atoms with Crippen molar-refractivity contribution in [3.63, 3.8) is 0 Å². The fourth-order valence-corrected chi connectivity index (χ4v) is 3.35. The molecule has 0 spiro atoms. The molecule has 1 N–H and O–H groups in total. The van der Waals surface area contributed by atoms with Crippen LogP contribution >= 0.6 is 0 Å². The Morgan fingerprint density at radius 3 is 2.70 bits per heavy atom. The van der Waals surface area contributed by atoms with Gasteiger partial charge in [-0.3, -0.25) is 9.69 Å². The third-order valence-electron chi connectivity index (χ3n) is 4.93. The van der Waals surface area contributed by atoms with Crippen LogP contribution in [0.1, 0.15) is 30.2 Å². The van der Waals surface area contributed by atoms with Crippen LogP contribution in [0.25, 0.3) is 0 Å². The molecular formula is C21H29N3O3. The van der Waals surface area contributed by atoms with Gasteiger partial charge in [0.05, 0.1) is 12.3 Å². The molecule has 0 aliphatic carbocycles. The molecule has 0 saturated carbocycles. The van der Waals surface area contributed by atoms with E-state index < -0.39 is 0 Å². The number of carbonyl (C=O) groups is 1. The number of likely N-dealkylation sites (N-methyl/N-ethyl adjacent to an activating group) is 1. The van der Waals surface area contributed by atoms with Crippen molar-refractivity contribution in [2.24, 2.45) is 0 Å². The van der Waals surface area contributed by atoms with Crippen molar-refractivity contribution in [3.8, 4) is 5.75 Å². The molecular weight excluding hydrogens is 342 g/mol. The number of para-hydroxylation sites is 1. The first-order valence-corrected chi connectivity index (χ1v) is 9.54. The Labute approximate surface area is 161 Å². The van der Waals surface area contributed by atoms with Crippen LogP contribution in [0, 0.1) is 0 Å². The molecule has 1 amide bonds. The molecule has 1 aliphatic heterocycles. The lowest BCUT2D eigenvalue weighted by Gasteiger charge is -2.26. The van der Waals surface area contributed by atoms with Gasteiger partial charge in [0.2, 0.25) is 0 Å². The van der Waals surface area contributed by atoms with E-state index in [4.69, 9.17) is 9.15 Å². The van der Waals surface area contributed by atoms with Crippen molar-refractivity contribution < 1.29 is 13.9 Å². The van der Waals surface area contributed by atoms with Gasteiger partial charge in [-0.05, 0) is 44.1 Å². The second kappa shape index (κ2) is 9.58. The molecule has 1 aromatic carbocycles. The molecule has 6 nitrogen and oxygen atoms in total. The van der Waals surface area contributed by atoms with Crippen LogP contribution in [0.3, 0.4) is 0 Å². The van der Waals surface area contributed by atoms with E-state index in [0.717, 1.165) is 36.7 Å². The molecule has 146 valence electrons. The summed E-state index contributed by atoms with van der Waals surface area (Å²) in [5.74, 6) is 1.70. The largest absolute Gasteiger partial charge is 0.483 e. The van der Waals surface area contributed by atoms with Gasteiger partial charge >= 0.3 is 0 Å². The maximum absolute atomic E-state index is 11.8. The number of likely N-dealkylation sites (tertiary alicyclic amines) is 1. The topological polar surface area (TPSA) is 58.0 Å². The van der Waals surface area contributed by atoms with Crippen molar-refractivity contribution in [1.82, 2.24) is 15.1 Å². The van der Waals surface area contributed by atoms with Crippen LogP contribution in [0.2, 0.25) is 0 Å². The highest BCUT2D eigenvalue weighted by Crippen LogP contribution is 2.25. The Kier molecular flexibility index (Phi) is 6.90. The van der Waals surface area contributed by atoms with E-state index in [2.05, 4.69) is 16.3 Å². The molecule has 6 heteroatoms. The first kappa shape index (κ1) is 19.5. The number of ether oxygens (including phenoxy) is 1. The number of hydrogen-bond acceptors (Lipinski definition) is 5. The summed E-state index contributed by atoms with van der Waals surface area (Å²) >= 11 is 0. The summed E-state index contributed by atoms with van der Waals surface area (Å²) < 4.78 is 11.4. The van der Waals surface area contributed by atoms with E-state index in [1.165, 1.54) is 17.7 Å². The second-order valence-electron chi connectivity index (χ2n) is 7.09. The molecule has 1 unspecified atom stereocenters. The van der Waals surface area contributed by atoms with E-state index >= 15 is 0 Å². The number of nitrogens with zero attached hydrogens (tertiary/aromatic N) is 2. The molecule has 1 aliphatic rings. The Balaban J connectivity index is 1.58. The van der Waals surface area contributed by atoms with E-state index in [9.17, 15) is 4.79 Å². The Bertz CT molecular complexity index is 709. The van der Waals surface area contributed by atoms with Gasteiger partial charge in [0.25, 0.3) is 5.91 Å². The summed E-state index contributed by atoms with van der Waals surface area (Å²) in [5, 5.41) is 3.54. The highest BCUT2D eigenvalue weighted by Gasteiger charge is 2.25. The minimum Gasteiger partial charge on any atom is -0.483 e. The average Bonchev–Trinajstić information content (AvgIpc) is 3.38. The summed E-state index contributed by atoms with van der Waals surface area (Å²) in [6.45, 7) is 3.75. The molecule has 2 heterocycles. The van der Waals surface area contributed by atoms with Gasteiger partial charge in [0, 0.05) is 32.7 Å². The first-order valence-electron chi connectivity index (χ1n) is 9.54.